The molecule has 0 aliphatic heterocycles. The molecule has 1 aromatic rings. The Labute approximate surface area is 135 Å². The molecular formula is C18H27O3Si-. The minimum absolute atomic E-state index is 0.159. The molecule has 0 heterocycles. The minimum Gasteiger partial charge on any atom is -0.545 e. The quantitative estimate of drug-likeness (QED) is 0.591. The molecule has 0 fully saturated rings. The summed E-state index contributed by atoms with van der Waals surface area (Å²) in [6.45, 7) is 13.2. The van der Waals surface area contributed by atoms with Crippen LogP contribution in [0.5, 0.6) is 5.75 Å². The zero-order chi connectivity index (χ0) is 17.0. The van der Waals surface area contributed by atoms with E-state index in [1.165, 1.54) is 0 Å². The Morgan fingerprint density at radius 3 is 2.55 bits per heavy atom. The number of carboxylic acid groups (broad SMARTS) is 1. The highest BCUT2D eigenvalue weighted by Crippen LogP contribution is 2.37. The van der Waals surface area contributed by atoms with Crippen molar-refractivity contribution in [2.24, 2.45) is 0 Å². The van der Waals surface area contributed by atoms with Gasteiger partial charge in [0.25, 0.3) is 0 Å². The van der Waals surface area contributed by atoms with Gasteiger partial charge in [0.15, 0.2) is 0 Å². The van der Waals surface area contributed by atoms with E-state index in [1.807, 2.05) is 12.1 Å². The van der Waals surface area contributed by atoms with Gasteiger partial charge in [0, 0.05) is 0 Å². The average molecular weight is 319 g/mol. The van der Waals surface area contributed by atoms with Crippen molar-refractivity contribution in [3.8, 4) is 5.75 Å². The van der Waals surface area contributed by atoms with Crippen molar-refractivity contribution in [1.29, 1.82) is 0 Å². The van der Waals surface area contributed by atoms with Crippen LogP contribution in [0.15, 0.2) is 36.4 Å². The summed E-state index contributed by atoms with van der Waals surface area (Å²) in [6.07, 6.45) is 3.39. The van der Waals surface area contributed by atoms with Gasteiger partial charge in [-0.05, 0) is 54.2 Å². The van der Waals surface area contributed by atoms with Crippen LogP contribution >= 0.6 is 0 Å². The van der Waals surface area contributed by atoms with Crippen LogP contribution in [0.2, 0.25) is 18.1 Å². The van der Waals surface area contributed by atoms with Crippen molar-refractivity contribution in [1.82, 2.24) is 0 Å². The number of hydrogen-bond acceptors (Lipinski definition) is 3. The fourth-order valence-electron chi connectivity index (χ4n) is 1.84. The normalized spacial score (nSPS) is 14.1. The minimum atomic E-state index is -1.84. The van der Waals surface area contributed by atoms with Crippen molar-refractivity contribution >= 4 is 14.3 Å². The third-order valence-electron chi connectivity index (χ3n) is 4.35. The molecule has 4 heteroatoms. The number of carboxylic acids is 1. The molecule has 1 atom stereocenters. The first-order valence-corrected chi connectivity index (χ1v) is 10.6. The van der Waals surface area contributed by atoms with Gasteiger partial charge < -0.3 is 14.3 Å². The Hall–Kier alpha value is -1.55. The Kier molecular flexibility index (Phi) is 6.00. The van der Waals surface area contributed by atoms with Crippen LogP contribution in [0, 0.1) is 0 Å². The predicted molar refractivity (Wildman–Crippen MR) is 91.4 cm³/mol. The van der Waals surface area contributed by atoms with Gasteiger partial charge >= 0.3 is 0 Å². The second-order valence-corrected chi connectivity index (χ2v) is 12.0. The molecule has 0 amide bonds. The standard InChI is InChI=1S/C18H28O3Si/c1-14(9-7-12-17(19)20)15-10-8-11-16(13-15)21-22(5,6)18(2,3)4/h7-8,10-14H,9H2,1-6H3,(H,19,20)/p-1/b12-7+. The fraction of sp³-hybridized carbons (Fsp3) is 0.500. The van der Waals surface area contributed by atoms with Crippen molar-refractivity contribution in [3.63, 3.8) is 0 Å². The first kappa shape index (κ1) is 18.5. The summed E-state index contributed by atoms with van der Waals surface area (Å²) in [7, 11) is -1.84. The van der Waals surface area contributed by atoms with Crippen LogP contribution in [0.3, 0.4) is 0 Å². The lowest BCUT2D eigenvalue weighted by molar-refractivity contribution is -0.297. The van der Waals surface area contributed by atoms with E-state index in [9.17, 15) is 9.90 Å². The molecule has 22 heavy (non-hydrogen) atoms. The van der Waals surface area contributed by atoms with Crippen molar-refractivity contribution in [2.75, 3.05) is 0 Å². The van der Waals surface area contributed by atoms with Crippen LogP contribution in [-0.2, 0) is 4.79 Å². The van der Waals surface area contributed by atoms with E-state index in [2.05, 4.69) is 52.9 Å². The molecule has 0 aliphatic rings. The predicted octanol–water partition coefficient (Wildman–Crippen LogP) is 3.87. The summed E-state index contributed by atoms with van der Waals surface area (Å²) in [5, 5.41) is 10.6. The van der Waals surface area contributed by atoms with Crippen LogP contribution in [0.25, 0.3) is 0 Å². The number of aliphatic carboxylic acids is 1. The van der Waals surface area contributed by atoms with Gasteiger partial charge in [0.1, 0.15) is 5.75 Å². The molecule has 1 rings (SSSR count). The zero-order valence-corrected chi connectivity index (χ0v) is 15.5. The molecule has 0 spiro atoms. The zero-order valence-electron chi connectivity index (χ0n) is 14.5. The molecule has 1 unspecified atom stereocenters. The van der Waals surface area contributed by atoms with Gasteiger partial charge in [-0.25, -0.2) is 0 Å². The molecule has 122 valence electrons. The molecule has 0 aliphatic carbocycles. The first-order chi connectivity index (χ1) is 10.0. The van der Waals surface area contributed by atoms with E-state index in [-0.39, 0.29) is 11.0 Å². The summed E-state index contributed by atoms with van der Waals surface area (Å²) >= 11 is 0. The maximum absolute atomic E-state index is 10.4. The monoisotopic (exact) mass is 319 g/mol. The molecular weight excluding hydrogens is 292 g/mol. The Morgan fingerprint density at radius 2 is 2.00 bits per heavy atom. The molecule has 3 nitrogen and oxygen atoms in total. The number of carbonyl (C=O) groups excluding carboxylic acids is 1. The largest absolute Gasteiger partial charge is 0.545 e. The lowest BCUT2D eigenvalue weighted by Gasteiger charge is -2.36. The summed E-state index contributed by atoms with van der Waals surface area (Å²) in [4.78, 5) is 10.4. The highest BCUT2D eigenvalue weighted by molar-refractivity contribution is 6.74. The molecule has 0 saturated carbocycles. The maximum atomic E-state index is 10.4. The summed E-state index contributed by atoms with van der Waals surface area (Å²) < 4.78 is 6.32. The summed E-state index contributed by atoms with van der Waals surface area (Å²) in [6, 6.07) is 8.11. The lowest BCUT2D eigenvalue weighted by atomic mass is 9.97. The van der Waals surface area contributed by atoms with E-state index in [4.69, 9.17) is 4.43 Å². The van der Waals surface area contributed by atoms with Crippen LogP contribution in [0.1, 0.15) is 45.6 Å². The molecule has 0 radical (unpaired) electrons. The second-order valence-electron chi connectivity index (χ2n) is 7.29. The highest BCUT2D eigenvalue weighted by Gasteiger charge is 2.38. The lowest BCUT2D eigenvalue weighted by Crippen LogP contribution is -2.43. The van der Waals surface area contributed by atoms with Crippen molar-refractivity contribution in [3.05, 3.63) is 42.0 Å². The van der Waals surface area contributed by atoms with E-state index in [0.717, 1.165) is 17.4 Å². The SMILES string of the molecule is CC(C/C=C/C(=O)[O-])c1cccc(O[Si](C)(C)C(C)(C)C)c1. The van der Waals surface area contributed by atoms with Gasteiger partial charge in [-0.15, -0.1) is 0 Å². The first-order valence-electron chi connectivity index (χ1n) is 7.69. The van der Waals surface area contributed by atoms with Gasteiger partial charge in [-0.2, -0.15) is 0 Å². The Morgan fingerprint density at radius 1 is 1.36 bits per heavy atom. The van der Waals surface area contributed by atoms with Gasteiger partial charge in [0.2, 0.25) is 8.32 Å². The van der Waals surface area contributed by atoms with Gasteiger partial charge in [-0.1, -0.05) is 45.9 Å². The van der Waals surface area contributed by atoms with Crippen molar-refractivity contribution < 1.29 is 14.3 Å². The topological polar surface area (TPSA) is 49.4 Å². The smallest absolute Gasteiger partial charge is 0.250 e. The summed E-state index contributed by atoms with van der Waals surface area (Å²) in [5.41, 5.74) is 1.15. The maximum Gasteiger partial charge on any atom is 0.250 e. The average Bonchev–Trinajstić information content (AvgIpc) is 2.36. The number of carbonyl (C=O) groups is 1. The van der Waals surface area contributed by atoms with Crippen LogP contribution < -0.4 is 9.53 Å². The van der Waals surface area contributed by atoms with E-state index < -0.39 is 14.3 Å². The highest BCUT2D eigenvalue weighted by atomic mass is 28.4. The van der Waals surface area contributed by atoms with Gasteiger partial charge in [0.05, 0.1) is 5.97 Å². The van der Waals surface area contributed by atoms with E-state index in [0.29, 0.717) is 6.42 Å². The number of rotatable bonds is 6. The molecule has 0 bridgehead atoms. The van der Waals surface area contributed by atoms with Crippen LogP contribution in [0.4, 0.5) is 0 Å². The number of hydrogen-bond donors (Lipinski definition) is 0. The molecule has 1 aromatic carbocycles. The molecule has 0 saturated heterocycles. The number of benzene rings is 1. The summed E-state index contributed by atoms with van der Waals surface area (Å²) in [5.74, 6) is -0.0133. The second kappa shape index (κ2) is 7.14. The molecule has 0 N–H and O–H groups in total. The fourth-order valence-corrected chi connectivity index (χ4v) is 2.86. The van der Waals surface area contributed by atoms with E-state index in [1.54, 1.807) is 6.08 Å². The Bertz CT molecular complexity index is 542. The Balaban J connectivity index is 2.84. The van der Waals surface area contributed by atoms with Crippen LogP contribution in [-0.4, -0.2) is 14.3 Å². The number of allylic oxidation sites excluding steroid dienone is 1. The molecule has 0 aromatic heterocycles. The third-order valence-corrected chi connectivity index (χ3v) is 8.71. The van der Waals surface area contributed by atoms with Gasteiger partial charge in [-0.3, -0.25) is 0 Å². The van der Waals surface area contributed by atoms with Crippen molar-refractivity contribution in [2.45, 2.75) is 58.2 Å². The third kappa shape index (κ3) is 5.33. The van der Waals surface area contributed by atoms with E-state index >= 15 is 0 Å².